The second-order valence-electron chi connectivity index (χ2n) is 5.18. The van der Waals surface area contributed by atoms with E-state index in [1.807, 2.05) is 36.4 Å². The molecule has 0 saturated carbocycles. The van der Waals surface area contributed by atoms with E-state index in [2.05, 4.69) is 31.6 Å². The molecule has 0 bridgehead atoms. The lowest BCUT2D eigenvalue weighted by Crippen LogP contribution is -2.12. The lowest BCUT2D eigenvalue weighted by atomic mass is 10.2. The summed E-state index contributed by atoms with van der Waals surface area (Å²) in [7, 11) is 1.61. The van der Waals surface area contributed by atoms with Crippen LogP contribution < -0.4 is 14.9 Å². The maximum absolute atomic E-state index is 6.17. The maximum atomic E-state index is 6.17. The van der Waals surface area contributed by atoms with Gasteiger partial charge in [-0.15, -0.1) is 10.2 Å². The molecule has 0 aliphatic rings. The van der Waals surface area contributed by atoms with Crippen molar-refractivity contribution in [2.75, 3.05) is 12.5 Å². The summed E-state index contributed by atoms with van der Waals surface area (Å²) < 4.78 is 13.9. The van der Waals surface area contributed by atoms with Crippen molar-refractivity contribution in [2.24, 2.45) is 0 Å². The Bertz CT molecular complexity index is 843. The Morgan fingerprint density at radius 2 is 1.88 bits per heavy atom. The smallest absolute Gasteiger partial charge is 0.162 e. The van der Waals surface area contributed by atoms with Crippen LogP contribution in [-0.4, -0.2) is 22.0 Å². The van der Waals surface area contributed by atoms with Crippen LogP contribution in [0.1, 0.15) is 11.1 Å². The van der Waals surface area contributed by atoms with Gasteiger partial charge in [0.1, 0.15) is 19.3 Å². The molecule has 25 heavy (non-hydrogen) atoms. The number of halogens is 2. The van der Waals surface area contributed by atoms with Crippen LogP contribution in [0.25, 0.3) is 0 Å². The summed E-state index contributed by atoms with van der Waals surface area (Å²) in [6.45, 7) is 0.931. The minimum Gasteiger partial charge on any atom is -0.493 e. The van der Waals surface area contributed by atoms with Gasteiger partial charge in [-0.3, -0.25) is 0 Å². The molecule has 0 aliphatic heterocycles. The molecule has 0 aliphatic carbocycles. The van der Waals surface area contributed by atoms with Crippen LogP contribution in [0.5, 0.6) is 11.5 Å². The molecule has 0 unspecified atom stereocenters. The zero-order valence-corrected chi connectivity index (χ0v) is 15.8. The summed E-state index contributed by atoms with van der Waals surface area (Å²) in [6.07, 6.45) is 3.18. The average molecular weight is 424 g/mol. The fraction of sp³-hybridized carbons (Fsp3) is 0.176. The van der Waals surface area contributed by atoms with Gasteiger partial charge in [0.15, 0.2) is 11.5 Å². The van der Waals surface area contributed by atoms with Crippen molar-refractivity contribution in [3.63, 3.8) is 0 Å². The minimum absolute atomic E-state index is 0.362. The van der Waals surface area contributed by atoms with Crippen molar-refractivity contribution in [2.45, 2.75) is 13.2 Å². The third-order valence-electron chi connectivity index (χ3n) is 3.54. The van der Waals surface area contributed by atoms with Crippen molar-refractivity contribution in [3.8, 4) is 11.5 Å². The third-order valence-corrected chi connectivity index (χ3v) is 4.65. The Morgan fingerprint density at radius 1 is 1.12 bits per heavy atom. The molecule has 0 saturated heterocycles. The van der Waals surface area contributed by atoms with E-state index in [-0.39, 0.29) is 0 Å². The number of rotatable bonds is 7. The van der Waals surface area contributed by atoms with Crippen molar-refractivity contribution in [3.05, 3.63) is 69.7 Å². The van der Waals surface area contributed by atoms with Gasteiger partial charge in [-0.05, 0) is 23.8 Å². The quantitative estimate of drug-likeness (QED) is 0.622. The standard InChI is InChI=1S/C17H16BrClN4O2/c1-24-16-6-13(8-22-23-10-20-21-11-23)14(18)7-17(16)25-9-12-4-2-3-5-15(12)19/h2-7,10-11,22H,8-9H2,1H3. The van der Waals surface area contributed by atoms with Gasteiger partial charge in [0, 0.05) is 15.1 Å². The van der Waals surface area contributed by atoms with Crippen molar-refractivity contribution < 1.29 is 9.47 Å². The van der Waals surface area contributed by atoms with Crippen LogP contribution in [0.4, 0.5) is 0 Å². The highest BCUT2D eigenvalue weighted by atomic mass is 79.9. The first-order valence-corrected chi connectivity index (χ1v) is 8.65. The summed E-state index contributed by atoms with van der Waals surface area (Å²) in [6, 6.07) is 11.4. The molecule has 130 valence electrons. The van der Waals surface area contributed by atoms with E-state index < -0.39 is 0 Å². The Morgan fingerprint density at radius 3 is 2.60 bits per heavy atom. The summed E-state index contributed by atoms with van der Waals surface area (Å²) >= 11 is 9.74. The van der Waals surface area contributed by atoms with Gasteiger partial charge in [-0.2, -0.15) is 0 Å². The van der Waals surface area contributed by atoms with Crippen LogP contribution >= 0.6 is 27.5 Å². The van der Waals surface area contributed by atoms with Gasteiger partial charge in [0.05, 0.1) is 13.7 Å². The lowest BCUT2D eigenvalue weighted by Gasteiger charge is -2.15. The first-order valence-electron chi connectivity index (χ1n) is 7.48. The topological polar surface area (TPSA) is 61.2 Å². The molecule has 3 aromatic rings. The highest BCUT2D eigenvalue weighted by Crippen LogP contribution is 2.34. The lowest BCUT2D eigenvalue weighted by molar-refractivity contribution is 0.284. The van der Waals surface area contributed by atoms with Crippen molar-refractivity contribution >= 4 is 27.5 Å². The number of nitrogens with one attached hydrogen (secondary N) is 1. The van der Waals surface area contributed by atoms with Gasteiger partial charge in [0.2, 0.25) is 0 Å². The van der Waals surface area contributed by atoms with E-state index in [4.69, 9.17) is 21.1 Å². The highest BCUT2D eigenvalue weighted by molar-refractivity contribution is 9.10. The van der Waals surface area contributed by atoms with Gasteiger partial charge >= 0.3 is 0 Å². The first kappa shape index (κ1) is 17.6. The fourth-order valence-electron chi connectivity index (χ4n) is 2.21. The molecule has 0 radical (unpaired) electrons. The monoisotopic (exact) mass is 422 g/mol. The maximum Gasteiger partial charge on any atom is 0.162 e. The predicted molar refractivity (Wildman–Crippen MR) is 99.6 cm³/mol. The first-order chi connectivity index (χ1) is 12.2. The van der Waals surface area contributed by atoms with Crippen LogP contribution in [0.15, 0.2) is 53.5 Å². The number of methoxy groups -OCH3 is 1. The zero-order valence-electron chi connectivity index (χ0n) is 13.4. The van der Waals surface area contributed by atoms with Gasteiger partial charge in [0.25, 0.3) is 0 Å². The molecule has 8 heteroatoms. The Balaban J connectivity index is 1.73. The van der Waals surface area contributed by atoms with E-state index in [1.165, 1.54) is 0 Å². The number of hydrogen-bond acceptors (Lipinski definition) is 5. The van der Waals surface area contributed by atoms with Crippen LogP contribution in [0, 0.1) is 0 Å². The molecule has 0 spiro atoms. The molecule has 1 aromatic heterocycles. The van der Waals surface area contributed by atoms with Gasteiger partial charge in [-0.1, -0.05) is 45.7 Å². The van der Waals surface area contributed by atoms with Crippen LogP contribution in [0.2, 0.25) is 5.02 Å². The Labute approximate surface area is 158 Å². The van der Waals surface area contributed by atoms with E-state index in [0.717, 1.165) is 15.6 Å². The van der Waals surface area contributed by atoms with E-state index in [0.29, 0.717) is 29.7 Å². The Hall–Kier alpha value is -2.25. The van der Waals surface area contributed by atoms with E-state index in [9.17, 15) is 0 Å². The SMILES string of the molecule is COc1cc(CNn2cnnc2)c(Br)cc1OCc1ccccc1Cl. The molecule has 2 aromatic carbocycles. The second-order valence-corrected chi connectivity index (χ2v) is 6.44. The normalized spacial score (nSPS) is 10.5. The number of nitrogens with zero attached hydrogens (tertiary/aromatic N) is 3. The highest BCUT2D eigenvalue weighted by Gasteiger charge is 2.11. The van der Waals surface area contributed by atoms with Crippen molar-refractivity contribution in [1.29, 1.82) is 0 Å². The van der Waals surface area contributed by atoms with Gasteiger partial charge < -0.3 is 14.9 Å². The molecule has 1 N–H and O–H groups in total. The summed E-state index contributed by atoms with van der Waals surface area (Å²) in [5.41, 5.74) is 5.09. The molecule has 0 atom stereocenters. The number of ether oxygens (including phenoxy) is 2. The molecular weight excluding hydrogens is 408 g/mol. The largest absolute Gasteiger partial charge is 0.493 e. The number of benzene rings is 2. The molecule has 0 amide bonds. The number of hydrogen-bond donors (Lipinski definition) is 1. The molecule has 6 nitrogen and oxygen atoms in total. The third kappa shape index (κ3) is 4.43. The van der Waals surface area contributed by atoms with Crippen LogP contribution in [0.3, 0.4) is 0 Å². The summed E-state index contributed by atoms with van der Waals surface area (Å²) in [5.74, 6) is 1.29. The summed E-state index contributed by atoms with van der Waals surface area (Å²) in [4.78, 5) is 0. The predicted octanol–water partition coefficient (Wildman–Crippen LogP) is 4.03. The fourth-order valence-corrected chi connectivity index (χ4v) is 2.87. The van der Waals surface area contributed by atoms with E-state index in [1.54, 1.807) is 24.4 Å². The van der Waals surface area contributed by atoms with Crippen molar-refractivity contribution in [1.82, 2.24) is 14.9 Å². The molecular formula is C17H16BrClN4O2. The van der Waals surface area contributed by atoms with Gasteiger partial charge in [-0.25, -0.2) is 4.68 Å². The Kier molecular flexibility index (Phi) is 5.78. The molecule has 0 fully saturated rings. The number of aromatic nitrogens is 3. The zero-order chi connectivity index (χ0) is 17.6. The second kappa shape index (κ2) is 8.22. The van der Waals surface area contributed by atoms with Crippen LogP contribution in [-0.2, 0) is 13.2 Å². The average Bonchev–Trinajstić information content (AvgIpc) is 3.13. The molecule has 1 heterocycles. The summed E-state index contributed by atoms with van der Waals surface area (Å²) in [5, 5.41) is 8.17. The molecule has 3 rings (SSSR count). The minimum atomic E-state index is 0.362. The van der Waals surface area contributed by atoms with E-state index >= 15 is 0 Å².